The summed E-state index contributed by atoms with van der Waals surface area (Å²) >= 11 is 6.68. The van der Waals surface area contributed by atoms with Crippen molar-refractivity contribution in [3.8, 4) is 0 Å². The van der Waals surface area contributed by atoms with Crippen molar-refractivity contribution in [1.29, 1.82) is 0 Å². The fraction of sp³-hybridized carbons (Fsp3) is 0.800. The summed E-state index contributed by atoms with van der Waals surface area (Å²) in [6.45, 7) is 4.23. The Balaban J connectivity index is 3.94. The molecule has 0 aromatic rings. The third kappa shape index (κ3) is 8.10. The lowest BCUT2D eigenvalue weighted by Gasteiger charge is -2.18. The summed E-state index contributed by atoms with van der Waals surface area (Å²) in [4.78, 5) is 22.4. The number of carbonyl (C=O) groups is 2. The average molecular weight is 360 g/mol. The number of hydrogen-bond donors (Lipinski definition) is 0. The van der Waals surface area contributed by atoms with Crippen LogP contribution in [0.15, 0.2) is 0 Å². The Bertz CT molecular complexity index is 241. The molecule has 0 unspecified atom stereocenters. The largest absolute Gasteiger partial charge is 0.466 e. The van der Waals surface area contributed by atoms with Gasteiger partial charge in [0.25, 0.3) is 0 Å². The molecule has 0 aromatic carbocycles. The van der Waals surface area contributed by atoms with Crippen LogP contribution in [0.25, 0.3) is 0 Å². The highest BCUT2D eigenvalue weighted by molar-refractivity contribution is 9.25. The van der Waals surface area contributed by atoms with Crippen LogP contribution in [0, 0.1) is 0 Å². The van der Waals surface area contributed by atoms with Crippen LogP contribution in [0.5, 0.6) is 0 Å². The van der Waals surface area contributed by atoms with Crippen molar-refractivity contribution >= 4 is 43.8 Å². The van der Waals surface area contributed by atoms with E-state index in [1.807, 2.05) is 0 Å². The summed E-state index contributed by atoms with van der Waals surface area (Å²) in [5.74, 6) is -0.574. The van der Waals surface area contributed by atoms with Gasteiger partial charge in [-0.2, -0.15) is 0 Å². The average Bonchev–Trinajstić information content (AvgIpc) is 2.15. The Hall–Kier alpha value is -0.100. The number of halogens is 2. The molecule has 16 heavy (non-hydrogen) atoms. The summed E-state index contributed by atoms with van der Waals surface area (Å²) < 4.78 is 9.01. The lowest BCUT2D eigenvalue weighted by molar-refractivity contribution is -0.145. The van der Waals surface area contributed by atoms with Crippen LogP contribution in [0.3, 0.4) is 0 Å². The first-order valence-corrected chi connectivity index (χ1v) is 6.69. The van der Waals surface area contributed by atoms with Gasteiger partial charge in [-0.1, -0.05) is 31.9 Å². The Morgan fingerprint density at radius 2 is 1.56 bits per heavy atom. The van der Waals surface area contributed by atoms with Gasteiger partial charge in [-0.25, -0.2) is 0 Å². The second kappa shape index (κ2) is 8.06. The van der Waals surface area contributed by atoms with Crippen molar-refractivity contribution < 1.29 is 19.1 Å². The minimum Gasteiger partial charge on any atom is -0.466 e. The second-order valence-corrected chi connectivity index (χ2v) is 7.24. The van der Waals surface area contributed by atoms with E-state index in [1.54, 1.807) is 13.8 Å². The van der Waals surface area contributed by atoms with Gasteiger partial charge in [-0.3, -0.25) is 9.59 Å². The van der Waals surface area contributed by atoms with Crippen molar-refractivity contribution in [2.75, 3.05) is 13.2 Å². The molecule has 0 spiro atoms. The van der Waals surface area contributed by atoms with Gasteiger partial charge in [0.05, 0.1) is 22.9 Å². The highest BCUT2D eigenvalue weighted by atomic mass is 79.9. The standard InChI is InChI=1S/C10H16Br2O4/c1-3-15-8(13)5-6-10(11,12)7-9(14)16-4-2/h3-7H2,1-2H3. The fourth-order valence-electron chi connectivity index (χ4n) is 1.03. The number of ether oxygens (including phenoxy) is 2. The van der Waals surface area contributed by atoms with E-state index < -0.39 is 3.23 Å². The summed E-state index contributed by atoms with van der Waals surface area (Å²) in [6, 6.07) is 0. The van der Waals surface area contributed by atoms with Crippen molar-refractivity contribution in [3.63, 3.8) is 0 Å². The number of esters is 2. The van der Waals surface area contributed by atoms with Crippen molar-refractivity contribution in [2.45, 2.75) is 36.3 Å². The van der Waals surface area contributed by atoms with Crippen molar-refractivity contribution in [3.05, 3.63) is 0 Å². The summed E-state index contributed by atoms with van der Waals surface area (Å²) in [7, 11) is 0. The molecule has 6 heteroatoms. The first-order chi connectivity index (χ1) is 7.41. The minimum absolute atomic E-state index is 0.167. The lowest BCUT2D eigenvalue weighted by atomic mass is 10.2. The maximum absolute atomic E-state index is 11.2. The Morgan fingerprint density at radius 3 is 2.06 bits per heavy atom. The zero-order valence-electron chi connectivity index (χ0n) is 9.42. The van der Waals surface area contributed by atoms with Crippen LogP contribution >= 0.6 is 31.9 Å². The van der Waals surface area contributed by atoms with Crippen LogP contribution < -0.4 is 0 Å². The molecule has 0 fully saturated rings. The highest BCUT2D eigenvalue weighted by Crippen LogP contribution is 2.35. The van der Waals surface area contributed by atoms with Gasteiger partial charge in [0.2, 0.25) is 0 Å². The normalized spacial score (nSPS) is 11.0. The quantitative estimate of drug-likeness (QED) is 0.518. The van der Waals surface area contributed by atoms with E-state index in [0.29, 0.717) is 19.6 Å². The molecule has 0 saturated carbocycles. The molecular formula is C10H16Br2O4. The number of rotatable bonds is 7. The topological polar surface area (TPSA) is 52.6 Å². The Morgan fingerprint density at radius 1 is 1.06 bits per heavy atom. The van der Waals surface area contributed by atoms with E-state index in [9.17, 15) is 9.59 Å². The number of alkyl halides is 2. The smallest absolute Gasteiger partial charge is 0.308 e. The molecule has 0 radical (unpaired) electrons. The molecule has 94 valence electrons. The monoisotopic (exact) mass is 358 g/mol. The molecule has 0 N–H and O–H groups in total. The maximum Gasteiger partial charge on any atom is 0.308 e. The molecule has 0 aromatic heterocycles. The molecule has 0 amide bonds. The van der Waals surface area contributed by atoms with Gasteiger partial charge in [-0.05, 0) is 20.3 Å². The van der Waals surface area contributed by atoms with E-state index >= 15 is 0 Å². The van der Waals surface area contributed by atoms with Crippen LogP contribution in [0.4, 0.5) is 0 Å². The van der Waals surface area contributed by atoms with Crippen molar-refractivity contribution in [2.24, 2.45) is 0 Å². The molecule has 0 bridgehead atoms. The first kappa shape index (κ1) is 15.9. The highest BCUT2D eigenvalue weighted by Gasteiger charge is 2.28. The Kier molecular flexibility index (Phi) is 8.01. The van der Waals surface area contributed by atoms with Crippen LogP contribution in [-0.4, -0.2) is 28.4 Å². The maximum atomic E-state index is 11.2. The van der Waals surface area contributed by atoms with E-state index in [-0.39, 0.29) is 24.8 Å². The van der Waals surface area contributed by atoms with Crippen LogP contribution in [-0.2, 0) is 19.1 Å². The summed E-state index contributed by atoms with van der Waals surface area (Å²) in [6.07, 6.45) is 0.884. The van der Waals surface area contributed by atoms with Gasteiger partial charge in [0.1, 0.15) is 0 Å². The third-order valence-electron chi connectivity index (χ3n) is 1.71. The molecule has 0 saturated heterocycles. The lowest BCUT2D eigenvalue weighted by Crippen LogP contribution is -2.21. The number of hydrogen-bond acceptors (Lipinski definition) is 4. The van der Waals surface area contributed by atoms with Crippen molar-refractivity contribution in [1.82, 2.24) is 0 Å². The van der Waals surface area contributed by atoms with E-state index in [2.05, 4.69) is 31.9 Å². The van der Waals surface area contributed by atoms with E-state index in [0.717, 1.165) is 0 Å². The van der Waals surface area contributed by atoms with E-state index in [4.69, 9.17) is 9.47 Å². The molecule has 0 aliphatic heterocycles. The number of carbonyl (C=O) groups excluding carboxylic acids is 2. The first-order valence-electron chi connectivity index (χ1n) is 5.10. The molecule has 0 aliphatic carbocycles. The van der Waals surface area contributed by atoms with Gasteiger partial charge in [0.15, 0.2) is 0 Å². The minimum atomic E-state index is -0.598. The molecule has 0 rings (SSSR count). The molecule has 0 heterocycles. The fourth-order valence-corrected chi connectivity index (χ4v) is 1.88. The van der Waals surface area contributed by atoms with E-state index in [1.165, 1.54) is 0 Å². The summed E-state index contributed by atoms with van der Waals surface area (Å²) in [5.41, 5.74) is 0. The molecular weight excluding hydrogens is 344 g/mol. The SMILES string of the molecule is CCOC(=O)CCC(Br)(Br)CC(=O)OCC. The predicted octanol–water partition coefficient (Wildman–Crippen LogP) is 2.77. The molecule has 4 nitrogen and oxygen atoms in total. The second-order valence-electron chi connectivity index (χ2n) is 3.14. The summed E-state index contributed by atoms with van der Waals surface area (Å²) in [5, 5.41) is 0. The van der Waals surface area contributed by atoms with Crippen LogP contribution in [0.1, 0.15) is 33.1 Å². The van der Waals surface area contributed by atoms with Gasteiger partial charge < -0.3 is 9.47 Å². The van der Waals surface area contributed by atoms with Crippen LogP contribution in [0.2, 0.25) is 0 Å². The van der Waals surface area contributed by atoms with Gasteiger partial charge in [0, 0.05) is 6.42 Å². The third-order valence-corrected chi connectivity index (χ3v) is 3.06. The zero-order valence-corrected chi connectivity index (χ0v) is 12.6. The van der Waals surface area contributed by atoms with Gasteiger partial charge >= 0.3 is 11.9 Å². The predicted molar refractivity (Wildman–Crippen MR) is 67.7 cm³/mol. The zero-order chi connectivity index (χ0) is 12.6. The molecule has 0 aliphatic rings. The Labute approximate surface area is 112 Å². The van der Waals surface area contributed by atoms with Gasteiger partial charge in [-0.15, -0.1) is 0 Å². The molecule has 0 atom stereocenters.